The molecule has 0 bridgehead atoms. The van der Waals surface area contributed by atoms with Crippen LogP contribution in [0.4, 0.5) is 0 Å². The van der Waals surface area contributed by atoms with Gasteiger partial charge >= 0.3 is 0 Å². The lowest BCUT2D eigenvalue weighted by molar-refractivity contribution is 0.231. The van der Waals surface area contributed by atoms with Gasteiger partial charge in [0.15, 0.2) is 0 Å². The van der Waals surface area contributed by atoms with Gasteiger partial charge in [-0.2, -0.15) is 0 Å². The van der Waals surface area contributed by atoms with Crippen molar-refractivity contribution in [1.29, 1.82) is 0 Å². The lowest BCUT2D eigenvalue weighted by Gasteiger charge is -2.33. The van der Waals surface area contributed by atoms with E-state index in [-0.39, 0.29) is 0 Å². The lowest BCUT2D eigenvalue weighted by Crippen LogP contribution is -2.35. The van der Waals surface area contributed by atoms with Gasteiger partial charge in [0, 0.05) is 24.5 Å². The molecule has 1 unspecified atom stereocenters. The van der Waals surface area contributed by atoms with Gasteiger partial charge in [-0.3, -0.25) is 0 Å². The molecule has 78 valence electrons. The fraction of sp³-hybridized carbons (Fsp3) is 0.818. The van der Waals surface area contributed by atoms with Crippen molar-refractivity contribution < 1.29 is 0 Å². The predicted octanol–water partition coefficient (Wildman–Crippen LogP) is 2.56. The Hall–Kier alpha value is -0.660. The first-order chi connectivity index (χ1) is 5.91. The molecular weight excluding hydrogens is 160 g/mol. The summed E-state index contributed by atoms with van der Waals surface area (Å²) >= 11 is 0. The molecule has 13 heavy (non-hydrogen) atoms. The van der Waals surface area contributed by atoms with Crippen molar-refractivity contribution in [2.75, 3.05) is 7.05 Å². The minimum atomic E-state index is 0.596. The third kappa shape index (κ3) is 3.29. The summed E-state index contributed by atoms with van der Waals surface area (Å²) in [5, 5.41) is 0. The first-order valence-corrected chi connectivity index (χ1v) is 5.07. The van der Waals surface area contributed by atoms with E-state index in [1.165, 1.54) is 12.1 Å². The molecule has 0 aromatic heterocycles. The molecule has 0 aliphatic rings. The number of rotatable bonds is 4. The van der Waals surface area contributed by atoms with Crippen LogP contribution in [0.1, 0.15) is 41.0 Å². The number of allylic oxidation sites excluding steroid dienone is 2. The second kappa shape index (κ2) is 5.15. The maximum absolute atomic E-state index is 5.77. The van der Waals surface area contributed by atoms with Gasteiger partial charge in [-0.05, 0) is 26.2 Å². The van der Waals surface area contributed by atoms with Gasteiger partial charge in [-0.1, -0.05) is 20.8 Å². The van der Waals surface area contributed by atoms with Crippen LogP contribution in [0.2, 0.25) is 0 Å². The molecule has 0 saturated carbocycles. The van der Waals surface area contributed by atoms with Crippen LogP contribution in [0, 0.1) is 5.92 Å². The lowest BCUT2D eigenvalue weighted by atomic mass is 10.00. The molecule has 2 heteroatoms. The van der Waals surface area contributed by atoms with E-state index in [0.29, 0.717) is 12.0 Å². The molecule has 0 heterocycles. The van der Waals surface area contributed by atoms with Crippen LogP contribution < -0.4 is 5.73 Å². The van der Waals surface area contributed by atoms with E-state index >= 15 is 0 Å². The van der Waals surface area contributed by atoms with E-state index in [9.17, 15) is 0 Å². The van der Waals surface area contributed by atoms with Crippen LogP contribution >= 0.6 is 0 Å². The summed E-state index contributed by atoms with van der Waals surface area (Å²) in [6.45, 7) is 10.8. The zero-order valence-electron chi connectivity index (χ0n) is 9.89. The summed E-state index contributed by atoms with van der Waals surface area (Å²) in [6, 6.07) is 0.596. The summed E-state index contributed by atoms with van der Waals surface area (Å²) in [5.74, 6) is 0.671. The van der Waals surface area contributed by atoms with Gasteiger partial charge in [0.2, 0.25) is 0 Å². The Bertz CT molecular complexity index is 179. The average Bonchev–Trinajstić information content (AvgIpc) is 2.03. The Labute approximate surface area is 82.8 Å². The van der Waals surface area contributed by atoms with Crippen molar-refractivity contribution in [3.8, 4) is 0 Å². The Balaban J connectivity index is 4.56. The number of hydrogen-bond acceptors (Lipinski definition) is 2. The van der Waals surface area contributed by atoms with Crippen molar-refractivity contribution in [3.63, 3.8) is 0 Å². The minimum absolute atomic E-state index is 0.596. The third-order valence-electron chi connectivity index (χ3n) is 2.79. The molecule has 0 aliphatic heterocycles. The number of nitrogens with zero attached hydrogens (tertiary/aromatic N) is 1. The molecule has 0 radical (unpaired) electrons. The highest BCUT2D eigenvalue weighted by Gasteiger charge is 2.17. The summed E-state index contributed by atoms with van der Waals surface area (Å²) in [7, 11) is 2.12. The SMILES string of the molecule is CCC(C(C)C)N(C)/C(C)=C(/C)N. The summed E-state index contributed by atoms with van der Waals surface area (Å²) < 4.78 is 0. The molecule has 0 aromatic carbocycles. The summed E-state index contributed by atoms with van der Waals surface area (Å²) in [4.78, 5) is 2.29. The zero-order chi connectivity index (χ0) is 10.6. The second-order valence-corrected chi connectivity index (χ2v) is 4.10. The summed E-state index contributed by atoms with van der Waals surface area (Å²) in [5.41, 5.74) is 7.88. The average molecular weight is 184 g/mol. The van der Waals surface area contributed by atoms with Crippen molar-refractivity contribution in [2.45, 2.75) is 47.1 Å². The highest BCUT2D eigenvalue weighted by molar-refractivity contribution is 5.05. The molecule has 0 fully saturated rings. The number of hydrogen-bond donors (Lipinski definition) is 1. The molecule has 0 saturated heterocycles. The molecule has 0 amide bonds. The Morgan fingerprint density at radius 1 is 1.31 bits per heavy atom. The molecule has 2 nitrogen and oxygen atoms in total. The van der Waals surface area contributed by atoms with Crippen molar-refractivity contribution in [3.05, 3.63) is 11.4 Å². The van der Waals surface area contributed by atoms with Gasteiger partial charge in [0.05, 0.1) is 0 Å². The Morgan fingerprint density at radius 3 is 2.00 bits per heavy atom. The second-order valence-electron chi connectivity index (χ2n) is 4.10. The smallest absolute Gasteiger partial charge is 0.0304 e. The molecule has 0 spiro atoms. The van der Waals surface area contributed by atoms with Crippen LogP contribution in [-0.2, 0) is 0 Å². The molecule has 2 N–H and O–H groups in total. The van der Waals surface area contributed by atoms with Crippen molar-refractivity contribution in [1.82, 2.24) is 4.90 Å². The highest BCUT2D eigenvalue weighted by Crippen LogP contribution is 2.17. The van der Waals surface area contributed by atoms with E-state index in [1.807, 2.05) is 6.92 Å². The van der Waals surface area contributed by atoms with Crippen LogP contribution in [0.25, 0.3) is 0 Å². The van der Waals surface area contributed by atoms with E-state index in [0.717, 1.165) is 5.70 Å². The standard InChI is InChI=1S/C11H24N2/c1-7-11(8(2)3)13(6)10(5)9(4)12/h8,11H,7,12H2,1-6H3/b10-9-. The normalized spacial score (nSPS) is 15.6. The van der Waals surface area contributed by atoms with E-state index < -0.39 is 0 Å². The Kier molecular flexibility index (Phi) is 4.89. The predicted molar refractivity (Wildman–Crippen MR) is 59.2 cm³/mol. The molecular formula is C11H24N2. The first-order valence-electron chi connectivity index (χ1n) is 5.07. The fourth-order valence-electron chi connectivity index (χ4n) is 1.72. The largest absolute Gasteiger partial charge is 0.401 e. The minimum Gasteiger partial charge on any atom is -0.401 e. The highest BCUT2D eigenvalue weighted by atomic mass is 15.1. The first kappa shape index (κ1) is 12.3. The molecule has 0 rings (SSSR count). The van der Waals surface area contributed by atoms with Crippen LogP contribution in [0.3, 0.4) is 0 Å². The van der Waals surface area contributed by atoms with Crippen molar-refractivity contribution >= 4 is 0 Å². The fourth-order valence-corrected chi connectivity index (χ4v) is 1.72. The van der Waals surface area contributed by atoms with Gasteiger partial charge in [0.25, 0.3) is 0 Å². The third-order valence-corrected chi connectivity index (χ3v) is 2.79. The van der Waals surface area contributed by atoms with E-state index in [2.05, 4.69) is 39.6 Å². The summed E-state index contributed by atoms with van der Waals surface area (Å²) in [6.07, 6.45) is 1.17. The van der Waals surface area contributed by atoms with Gasteiger partial charge < -0.3 is 10.6 Å². The van der Waals surface area contributed by atoms with Gasteiger partial charge in [-0.15, -0.1) is 0 Å². The molecule has 0 aliphatic carbocycles. The topological polar surface area (TPSA) is 29.3 Å². The van der Waals surface area contributed by atoms with E-state index in [1.54, 1.807) is 0 Å². The molecule has 0 aromatic rings. The maximum atomic E-state index is 5.77. The molecule has 1 atom stereocenters. The quantitative estimate of drug-likeness (QED) is 0.727. The van der Waals surface area contributed by atoms with Crippen molar-refractivity contribution in [2.24, 2.45) is 11.7 Å². The Morgan fingerprint density at radius 2 is 1.77 bits per heavy atom. The van der Waals surface area contributed by atoms with Crippen LogP contribution in [0.15, 0.2) is 11.4 Å². The van der Waals surface area contributed by atoms with Gasteiger partial charge in [-0.25, -0.2) is 0 Å². The monoisotopic (exact) mass is 184 g/mol. The maximum Gasteiger partial charge on any atom is 0.0304 e. The van der Waals surface area contributed by atoms with E-state index in [4.69, 9.17) is 5.73 Å². The van der Waals surface area contributed by atoms with Crippen LogP contribution in [0.5, 0.6) is 0 Å². The number of nitrogens with two attached hydrogens (primary N) is 1. The zero-order valence-corrected chi connectivity index (χ0v) is 9.89. The van der Waals surface area contributed by atoms with Crippen LogP contribution in [-0.4, -0.2) is 18.0 Å². The van der Waals surface area contributed by atoms with Gasteiger partial charge in [0.1, 0.15) is 0 Å².